The molecule has 10 aromatic rings. The molecule has 0 fully saturated rings. The Bertz CT molecular complexity index is 3100. The maximum Gasteiger partial charge on any atom is 0.164 e. The Labute approximate surface area is 330 Å². The molecule has 1 heterocycles. The van der Waals surface area contributed by atoms with Gasteiger partial charge >= 0.3 is 0 Å². The van der Waals surface area contributed by atoms with Crippen LogP contribution in [-0.4, -0.2) is 15.0 Å². The molecule has 3 nitrogen and oxygen atoms in total. The number of fused-ring (bicyclic) bond motifs is 12. The SMILES string of the molecule is c1ccc2c(c1)-c1ccccc1C21c2ccccc2-c2c(-c3ccc(-c4nc(-c5cccc6ccccc56)nc(-c5cccc6ccccc56)n4)cc3)cccc21. The number of hydrogen-bond donors (Lipinski definition) is 0. The van der Waals surface area contributed by atoms with Crippen LogP contribution in [0.25, 0.3) is 89.1 Å². The van der Waals surface area contributed by atoms with Crippen LogP contribution in [0.15, 0.2) is 200 Å². The fraction of sp³-hybridized carbons (Fsp3) is 0.0185. The van der Waals surface area contributed by atoms with Crippen molar-refractivity contribution < 1.29 is 0 Å². The zero-order chi connectivity index (χ0) is 37.5. The quantitative estimate of drug-likeness (QED) is 0.181. The van der Waals surface area contributed by atoms with E-state index in [2.05, 4.69) is 200 Å². The Balaban J connectivity index is 1.03. The zero-order valence-corrected chi connectivity index (χ0v) is 30.9. The van der Waals surface area contributed by atoms with E-state index >= 15 is 0 Å². The van der Waals surface area contributed by atoms with Crippen molar-refractivity contribution in [2.75, 3.05) is 0 Å². The van der Waals surface area contributed by atoms with Gasteiger partial charge in [0.25, 0.3) is 0 Å². The van der Waals surface area contributed by atoms with Gasteiger partial charge in [-0.15, -0.1) is 0 Å². The lowest BCUT2D eigenvalue weighted by atomic mass is 9.70. The molecule has 2 aliphatic carbocycles. The summed E-state index contributed by atoms with van der Waals surface area (Å²) in [5.74, 6) is 1.96. The van der Waals surface area contributed by atoms with Gasteiger partial charge in [-0.05, 0) is 77.2 Å². The Hall–Kier alpha value is -7.49. The van der Waals surface area contributed by atoms with Crippen LogP contribution in [0, 0.1) is 0 Å². The third kappa shape index (κ3) is 4.57. The smallest absolute Gasteiger partial charge is 0.164 e. The molecule has 0 bridgehead atoms. The van der Waals surface area contributed by atoms with Crippen molar-refractivity contribution in [3.8, 4) is 67.5 Å². The van der Waals surface area contributed by atoms with Gasteiger partial charge in [-0.3, -0.25) is 0 Å². The van der Waals surface area contributed by atoms with Crippen molar-refractivity contribution in [3.63, 3.8) is 0 Å². The molecule has 0 unspecified atom stereocenters. The molecule has 3 heteroatoms. The third-order valence-electron chi connectivity index (χ3n) is 12.2. The lowest BCUT2D eigenvalue weighted by Gasteiger charge is -2.30. The lowest BCUT2D eigenvalue weighted by molar-refractivity contribution is 0.794. The summed E-state index contributed by atoms with van der Waals surface area (Å²) in [5.41, 5.74) is 15.5. The topological polar surface area (TPSA) is 38.7 Å². The molecular formula is C54H33N3. The van der Waals surface area contributed by atoms with Crippen molar-refractivity contribution in [1.82, 2.24) is 15.0 Å². The second kappa shape index (κ2) is 12.3. The molecule has 0 atom stereocenters. The van der Waals surface area contributed by atoms with Crippen molar-refractivity contribution in [1.29, 1.82) is 0 Å². The highest BCUT2D eigenvalue weighted by Crippen LogP contribution is 2.63. The number of benzene rings is 9. The van der Waals surface area contributed by atoms with Gasteiger partial charge in [-0.2, -0.15) is 0 Å². The van der Waals surface area contributed by atoms with Gasteiger partial charge in [0.1, 0.15) is 0 Å². The first-order valence-electron chi connectivity index (χ1n) is 19.5. The van der Waals surface area contributed by atoms with E-state index in [-0.39, 0.29) is 5.41 Å². The number of rotatable bonds is 4. The number of hydrogen-bond acceptors (Lipinski definition) is 3. The van der Waals surface area contributed by atoms with E-state index in [0.717, 1.165) is 43.8 Å². The van der Waals surface area contributed by atoms with Gasteiger partial charge < -0.3 is 0 Å². The van der Waals surface area contributed by atoms with Crippen molar-refractivity contribution in [3.05, 3.63) is 222 Å². The molecule has 0 aliphatic heterocycles. The van der Waals surface area contributed by atoms with Crippen LogP contribution in [0.1, 0.15) is 22.3 Å². The van der Waals surface area contributed by atoms with Gasteiger partial charge in [0.15, 0.2) is 17.5 Å². The molecule has 1 spiro atoms. The fourth-order valence-corrected chi connectivity index (χ4v) is 9.77. The van der Waals surface area contributed by atoms with E-state index in [0.29, 0.717) is 17.5 Å². The number of nitrogens with zero attached hydrogens (tertiary/aromatic N) is 3. The molecular weight excluding hydrogens is 691 g/mol. The van der Waals surface area contributed by atoms with Gasteiger partial charge in [0.2, 0.25) is 0 Å². The first-order chi connectivity index (χ1) is 28.3. The van der Waals surface area contributed by atoms with Crippen LogP contribution in [0.5, 0.6) is 0 Å². The summed E-state index contributed by atoms with van der Waals surface area (Å²) in [5, 5.41) is 4.52. The highest BCUT2D eigenvalue weighted by Gasteiger charge is 2.51. The normalized spacial score (nSPS) is 13.1. The zero-order valence-electron chi connectivity index (χ0n) is 30.9. The van der Waals surface area contributed by atoms with Crippen molar-refractivity contribution >= 4 is 21.5 Å². The predicted octanol–water partition coefficient (Wildman–Crippen LogP) is 13.2. The summed E-state index contributed by atoms with van der Waals surface area (Å²) >= 11 is 0. The molecule has 9 aromatic carbocycles. The molecule has 2 aliphatic rings. The lowest BCUT2D eigenvalue weighted by Crippen LogP contribution is -2.25. The average Bonchev–Trinajstić information content (AvgIpc) is 3.76. The molecule has 57 heavy (non-hydrogen) atoms. The second-order valence-corrected chi connectivity index (χ2v) is 15.1. The molecule has 0 N–H and O–H groups in total. The molecule has 0 saturated carbocycles. The van der Waals surface area contributed by atoms with E-state index in [1.807, 2.05) is 0 Å². The Kier molecular flexibility index (Phi) is 6.84. The van der Waals surface area contributed by atoms with Gasteiger partial charge in [0.05, 0.1) is 5.41 Å². The standard InChI is InChI=1S/C54H33N3/c1-3-18-38-34(14-1)16-11-24-43(38)52-55-51(56-53(57-52)44-25-12-17-35-15-2-4-19-39(35)44)37-32-30-36(31-33-37)40-23-13-29-49-50(40)45-22-7-10-28-48(45)54(49)46-26-8-5-20-41(46)42-21-6-9-27-47(42)54/h1-33H. The largest absolute Gasteiger partial charge is 0.208 e. The molecule has 12 rings (SSSR count). The molecule has 1 aromatic heterocycles. The summed E-state index contributed by atoms with van der Waals surface area (Å²) < 4.78 is 0. The van der Waals surface area contributed by atoms with E-state index in [1.165, 1.54) is 50.1 Å². The molecule has 0 radical (unpaired) electrons. The maximum atomic E-state index is 5.19. The summed E-state index contributed by atoms with van der Waals surface area (Å²) in [6.07, 6.45) is 0. The summed E-state index contributed by atoms with van der Waals surface area (Å²) in [6, 6.07) is 72.1. The summed E-state index contributed by atoms with van der Waals surface area (Å²) in [4.78, 5) is 15.5. The minimum absolute atomic E-state index is 0.379. The third-order valence-corrected chi connectivity index (χ3v) is 12.2. The Morgan fingerprint density at radius 2 is 0.649 bits per heavy atom. The van der Waals surface area contributed by atoms with Crippen LogP contribution in [-0.2, 0) is 5.41 Å². The van der Waals surface area contributed by atoms with Gasteiger partial charge in [-0.25, -0.2) is 15.0 Å². The van der Waals surface area contributed by atoms with Crippen LogP contribution in [0.2, 0.25) is 0 Å². The van der Waals surface area contributed by atoms with Crippen molar-refractivity contribution in [2.24, 2.45) is 0 Å². The van der Waals surface area contributed by atoms with Gasteiger partial charge in [0, 0.05) is 16.7 Å². The van der Waals surface area contributed by atoms with E-state index in [9.17, 15) is 0 Å². The second-order valence-electron chi connectivity index (χ2n) is 15.1. The average molecular weight is 724 g/mol. The first-order valence-corrected chi connectivity index (χ1v) is 19.5. The Morgan fingerprint density at radius 3 is 1.25 bits per heavy atom. The van der Waals surface area contributed by atoms with Crippen LogP contribution >= 0.6 is 0 Å². The predicted molar refractivity (Wildman–Crippen MR) is 233 cm³/mol. The van der Waals surface area contributed by atoms with Crippen LogP contribution in [0.4, 0.5) is 0 Å². The maximum absolute atomic E-state index is 5.19. The highest BCUT2D eigenvalue weighted by molar-refractivity contribution is 6.01. The van der Waals surface area contributed by atoms with Crippen molar-refractivity contribution in [2.45, 2.75) is 5.41 Å². The van der Waals surface area contributed by atoms with E-state index in [1.54, 1.807) is 0 Å². The summed E-state index contributed by atoms with van der Waals surface area (Å²) in [7, 11) is 0. The van der Waals surface area contributed by atoms with E-state index < -0.39 is 0 Å². The monoisotopic (exact) mass is 723 g/mol. The molecule has 0 amide bonds. The van der Waals surface area contributed by atoms with Gasteiger partial charge in [-0.1, -0.05) is 200 Å². The fourth-order valence-electron chi connectivity index (χ4n) is 9.77. The van der Waals surface area contributed by atoms with Crippen LogP contribution < -0.4 is 0 Å². The molecule has 0 saturated heterocycles. The van der Waals surface area contributed by atoms with Crippen LogP contribution in [0.3, 0.4) is 0 Å². The molecule has 264 valence electrons. The first kappa shape index (κ1) is 31.8. The number of aromatic nitrogens is 3. The minimum atomic E-state index is -0.379. The minimum Gasteiger partial charge on any atom is -0.208 e. The summed E-state index contributed by atoms with van der Waals surface area (Å²) in [6.45, 7) is 0. The Morgan fingerprint density at radius 1 is 0.263 bits per heavy atom. The van der Waals surface area contributed by atoms with E-state index in [4.69, 9.17) is 15.0 Å². The highest BCUT2D eigenvalue weighted by atomic mass is 15.0.